The molecular weight excluding hydrogens is 448 g/mol. The SMILES string of the molecule is CN=C(NCC(=O)N(C)CC(F)(F)F)NC(C)c1ccccc1C.I. The maximum atomic E-state index is 12.3. The minimum atomic E-state index is -4.41. The van der Waals surface area contributed by atoms with Gasteiger partial charge >= 0.3 is 6.18 Å². The van der Waals surface area contributed by atoms with Gasteiger partial charge in [0.1, 0.15) is 6.54 Å². The van der Waals surface area contributed by atoms with E-state index < -0.39 is 18.6 Å². The van der Waals surface area contributed by atoms with Crippen LogP contribution in [0, 0.1) is 6.92 Å². The number of aliphatic imine (C=N–C) groups is 1. The molecule has 1 atom stereocenters. The molecular formula is C16H24F3IN4O. The molecule has 142 valence electrons. The molecule has 0 fully saturated rings. The lowest BCUT2D eigenvalue weighted by atomic mass is 10.0. The van der Waals surface area contributed by atoms with Crippen molar-refractivity contribution in [2.24, 2.45) is 4.99 Å². The minimum absolute atomic E-state index is 0. The van der Waals surface area contributed by atoms with Crippen LogP contribution < -0.4 is 10.6 Å². The third-order valence-electron chi connectivity index (χ3n) is 3.48. The highest BCUT2D eigenvalue weighted by Gasteiger charge is 2.31. The molecule has 0 aliphatic heterocycles. The van der Waals surface area contributed by atoms with Gasteiger partial charge in [0.05, 0.1) is 12.6 Å². The minimum Gasteiger partial charge on any atom is -0.350 e. The highest BCUT2D eigenvalue weighted by Crippen LogP contribution is 2.16. The number of likely N-dealkylation sites (N-methyl/N-ethyl adjacent to an activating group) is 1. The van der Waals surface area contributed by atoms with Gasteiger partial charge in [-0.25, -0.2) is 0 Å². The molecule has 0 saturated carbocycles. The van der Waals surface area contributed by atoms with Crippen LogP contribution in [0.1, 0.15) is 24.1 Å². The zero-order valence-electron chi connectivity index (χ0n) is 14.6. The summed E-state index contributed by atoms with van der Waals surface area (Å²) in [6.45, 7) is 2.37. The van der Waals surface area contributed by atoms with E-state index in [2.05, 4.69) is 15.6 Å². The summed E-state index contributed by atoms with van der Waals surface area (Å²) in [7, 11) is 2.65. The molecule has 1 aromatic carbocycles. The Morgan fingerprint density at radius 3 is 2.44 bits per heavy atom. The molecule has 0 saturated heterocycles. The number of aryl methyl sites for hydroxylation is 1. The van der Waals surface area contributed by atoms with Gasteiger partial charge in [-0.2, -0.15) is 13.2 Å². The van der Waals surface area contributed by atoms with Gasteiger partial charge in [-0.15, -0.1) is 24.0 Å². The van der Waals surface area contributed by atoms with Gasteiger partial charge in [0.15, 0.2) is 5.96 Å². The number of nitrogens with one attached hydrogen (secondary N) is 2. The molecule has 9 heteroatoms. The smallest absolute Gasteiger partial charge is 0.350 e. The van der Waals surface area contributed by atoms with Crippen molar-refractivity contribution in [1.82, 2.24) is 15.5 Å². The Balaban J connectivity index is 0.00000576. The number of hydrogen-bond acceptors (Lipinski definition) is 2. The largest absolute Gasteiger partial charge is 0.406 e. The summed E-state index contributed by atoms with van der Waals surface area (Å²) in [5.74, 6) is -0.321. The van der Waals surface area contributed by atoms with Crippen molar-refractivity contribution in [3.05, 3.63) is 35.4 Å². The number of benzene rings is 1. The number of halogens is 4. The molecule has 1 unspecified atom stereocenters. The first-order chi connectivity index (χ1) is 11.1. The van der Waals surface area contributed by atoms with Crippen LogP contribution >= 0.6 is 24.0 Å². The number of nitrogens with zero attached hydrogens (tertiary/aromatic N) is 2. The first-order valence-electron chi connectivity index (χ1n) is 7.47. The average molecular weight is 472 g/mol. The molecule has 25 heavy (non-hydrogen) atoms. The summed E-state index contributed by atoms with van der Waals surface area (Å²) >= 11 is 0. The standard InChI is InChI=1S/C16H23F3N4O.HI/c1-11-7-5-6-8-13(11)12(2)22-15(20-3)21-9-14(24)23(4)10-16(17,18)19;/h5-8,12H,9-10H2,1-4H3,(H2,20,21,22);1H. The molecule has 1 aromatic rings. The molecule has 0 heterocycles. The Bertz CT molecular complexity index is 593. The topological polar surface area (TPSA) is 56.7 Å². The van der Waals surface area contributed by atoms with Gasteiger partial charge in [-0.1, -0.05) is 24.3 Å². The van der Waals surface area contributed by atoms with Crippen LogP contribution in [0.4, 0.5) is 13.2 Å². The summed E-state index contributed by atoms with van der Waals surface area (Å²) in [4.78, 5) is 16.4. The normalized spacial score (nSPS) is 12.8. The lowest BCUT2D eigenvalue weighted by molar-refractivity contribution is -0.157. The molecule has 0 aliphatic rings. The number of alkyl halides is 3. The summed E-state index contributed by atoms with van der Waals surface area (Å²) in [5, 5.41) is 5.85. The van der Waals surface area contributed by atoms with Crippen LogP contribution in [0.15, 0.2) is 29.3 Å². The van der Waals surface area contributed by atoms with Crippen LogP contribution in [0.5, 0.6) is 0 Å². The van der Waals surface area contributed by atoms with Gasteiger partial charge in [-0.05, 0) is 25.0 Å². The van der Waals surface area contributed by atoms with Crippen molar-refractivity contribution in [1.29, 1.82) is 0 Å². The highest BCUT2D eigenvalue weighted by molar-refractivity contribution is 14.0. The van der Waals surface area contributed by atoms with Gasteiger partial charge < -0.3 is 15.5 Å². The van der Waals surface area contributed by atoms with E-state index in [-0.39, 0.29) is 36.6 Å². The Labute approximate surface area is 163 Å². The van der Waals surface area contributed by atoms with Crippen molar-refractivity contribution >= 4 is 35.8 Å². The molecule has 2 N–H and O–H groups in total. The van der Waals surface area contributed by atoms with Crippen LogP contribution in [0.25, 0.3) is 0 Å². The number of guanidine groups is 1. The quantitative estimate of drug-likeness (QED) is 0.394. The second-order valence-electron chi connectivity index (χ2n) is 5.51. The van der Waals surface area contributed by atoms with E-state index in [9.17, 15) is 18.0 Å². The first-order valence-corrected chi connectivity index (χ1v) is 7.47. The van der Waals surface area contributed by atoms with Crippen molar-refractivity contribution in [3.63, 3.8) is 0 Å². The fourth-order valence-corrected chi connectivity index (χ4v) is 2.20. The molecule has 1 amide bonds. The van der Waals surface area contributed by atoms with Gasteiger partial charge in [-0.3, -0.25) is 9.79 Å². The third kappa shape index (κ3) is 8.41. The molecule has 1 rings (SSSR count). The van der Waals surface area contributed by atoms with Crippen molar-refractivity contribution < 1.29 is 18.0 Å². The molecule has 0 aliphatic carbocycles. The Morgan fingerprint density at radius 1 is 1.32 bits per heavy atom. The fraction of sp³-hybridized carbons (Fsp3) is 0.500. The summed E-state index contributed by atoms with van der Waals surface area (Å²) in [6.07, 6.45) is -4.41. The number of amides is 1. The van der Waals surface area contributed by atoms with E-state index in [0.717, 1.165) is 18.2 Å². The Morgan fingerprint density at radius 2 is 1.92 bits per heavy atom. The van der Waals surface area contributed by atoms with Gasteiger partial charge in [0.25, 0.3) is 0 Å². The highest BCUT2D eigenvalue weighted by atomic mass is 127. The summed E-state index contributed by atoms with van der Waals surface area (Å²) < 4.78 is 36.8. The summed E-state index contributed by atoms with van der Waals surface area (Å²) in [5.41, 5.74) is 2.18. The monoisotopic (exact) mass is 472 g/mol. The van der Waals surface area contributed by atoms with E-state index >= 15 is 0 Å². The zero-order valence-corrected chi connectivity index (χ0v) is 17.0. The van der Waals surface area contributed by atoms with E-state index in [0.29, 0.717) is 10.9 Å². The van der Waals surface area contributed by atoms with Gasteiger partial charge in [0, 0.05) is 14.1 Å². The number of hydrogen-bond donors (Lipinski definition) is 2. The van der Waals surface area contributed by atoms with E-state index in [1.54, 1.807) is 0 Å². The zero-order chi connectivity index (χ0) is 18.3. The molecule has 0 aromatic heterocycles. The molecule has 5 nitrogen and oxygen atoms in total. The van der Waals surface area contributed by atoms with E-state index in [1.807, 2.05) is 38.1 Å². The van der Waals surface area contributed by atoms with Crippen molar-refractivity contribution in [2.45, 2.75) is 26.1 Å². The van der Waals surface area contributed by atoms with Crippen molar-refractivity contribution in [3.8, 4) is 0 Å². The average Bonchev–Trinajstić information content (AvgIpc) is 2.49. The Kier molecular flexibility index (Phi) is 9.83. The third-order valence-corrected chi connectivity index (χ3v) is 3.48. The predicted octanol–water partition coefficient (Wildman–Crippen LogP) is 2.86. The molecule has 0 spiro atoms. The molecule has 0 radical (unpaired) electrons. The van der Waals surface area contributed by atoms with Crippen LogP contribution in [-0.4, -0.2) is 50.1 Å². The molecule has 0 bridgehead atoms. The fourth-order valence-electron chi connectivity index (χ4n) is 2.20. The van der Waals surface area contributed by atoms with E-state index in [4.69, 9.17) is 0 Å². The maximum Gasteiger partial charge on any atom is 0.406 e. The second kappa shape index (κ2) is 10.5. The van der Waals surface area contributed by atoms with Gasteiger partial charge in [0.2, 0.25) is 5.91 Å². The summed E-state index contributed by atoms with van der Waals surface area (Å²) in [6, 6.07) is 7.75. The first kappa shape index (κ1) is 23.5. The van der Waals surface area contributed by atoms with Crippen LogP contribution in [0.2, 0.25) is 0 Å². The second-order valence-corrected chi connectivity index (χ2v) is 5.51. The predicted molar refractivity (Wildman–Crippen MR) is 103 cm³/mol. The maximum absolute atomic E-state index is 12.3. The Hall–Kier alpha value is -1.52. The number of carbonyl (C=O) groups is 1. The van der Waals surface area contributed by atoms with E-state index in [1.165, 1.54) is 7.05 Å². The number of rotatable bonds is 5. The van der Waals surface area contributed by atoms with Crippen molar-refractivity contribution in [2.75, 3.05) is 27.2 Å². The van der Waals surface area contributed by atoms with Crippen LogP contribution in [0.3, 0.4) is 0 Å². The number of carbonyl (C=O) groups excluding carboxylic acids is 1. The lowest BCUT2D eigenvalue weighted by Gasteiger charge is -2.22. The van der Waals surface area contributed by atoms with Crippen LogP contribution in [-0.2, 0) is 4.79 Å². The lowest BCUT2D eigenvalue weighted by Crippen LogP contribution is -2.46.